The molecule has 0 aliphatic heterocycles. The first-order valence-electron chi connectivity index (χ1n) is 8.02. The third-order valence-corrected chi connectivity index (χ3v) is 4.18. The maximum absolute atomic E-state index is 13.0. The largest absolute Gasteiger partial charge is 0.451 e. The van der Waals surface area contributed by atoms with Gasteiger partial charge in [-0.05, 0) is 30.4 Å². The lowest BCUT2D eigenvalue weighted by atomic mass is 10.1. The van der Waals surface area contributed by atoms with Gasteiger partial charge < -0.3 is 9.88 Å². The van der Waals surface area contributed by atoms with Crippen molar-refractivity contribution in [2.75, 3.05) is 5.32 Å². The molecule has 1 amide bonds. The first-order valence-corrected chi connectivity index (χ1v) is 8.02. The lowest BCUT2D eigenvalue weighted by molar-refractivity contribution is -0.145. The maximum Gasteiger partial charge on any atom is 0.451 e. The van der Waals surface area contributed by atoms with Crippen molar-refractivity contribution in [3.63, 3.8) is 0 Å². The van der Waals surface area contributed by atoms with E-state index in [0.717, 1.165) is 30.0 Å². The summed E-state index contributed by atoms with van der Waals surface area (Å²) < 4.78 is 40.5. The highest BCUT2D eigenvalue weighted by Gasteiger charge is 2.35. The minimum atomic E-state index is -4.62. The Morgan fingerprint density at radius 1 is 1.31 bits per heavy atom. The second-order valence-corrected chi connectivity index (χ2v) is 6.23. The molecule has 0 spiro atoms. The van der Waals surface area contributed by atoms with Gasteiger partial charge in [0, 0.05) is 37.0 Å². The second-order valence-electron chi connectivity index (χ2n) is 6.23. The number of anilines is 1. The molecule has 134 valence electrons. The predicted molar refractivity (Wildman–Crippen MR) is 87.9 cm³/mol. The molecule has 0 unspecified atom stereocenters. The topological polar surface area (TPSA) is 72.7 Å². The van der Waals surface area contributed by atoms with Crippen LogP contribution in [0.2, 0.25) is 0 Å². The van der Waals surface area contributed by atoms with Crippen molar-refractivity contribution in [2.24, 2.45) is 0 Å². The summed E-state index contributed by atoms with van der Waals surface area (Å²) in [4.78, 5) is 22.5. The number of hydrogen-bond donors (Lipinski definition) is 1. The number of halogens is 3. The molecule has 0 atom stereocenters. The number of alkyl halides is 3. The van der Waals surface area contributed by atoms with Gasteiger partial charge in [-0.1, -0.05) is 0 Å². The van der Waals surface area contributed by atoms with E-state index in [2.05, 4.69) is 20.3 Å². The van der Waals surface area contributed by atoms with Gasteiger partial charge in [0.25, 0.3) is 0 Å². The van der Waals surface area contributed by atoms with Crippen molar-refractivity contribution < 1.29 is 18.0 Å². The first-order chi connectivity index (χ1) is 12.3. The zero-order valence-electron chi connectivity index (χ0n) is 13.7. The number of nitrogens with zero attached hydrogens (tertiary/aromatic N) is 4. The minimum Gasteiger partial charge on any atom is -0.311 e. The van der Waals surface area contributed by atoms with Crippen LogP contribution >= 0.6 is 0 Å². The molecule has 26 heavy (non-hydrogen) atoms. The highest BCUT2D eigenvalue weighted by atomic mass is 19.4. The third kappa shape index (κ3) is 3.00. The van der Waals surface area contributed by atoms with Crippen LogP contribution in [0.1, 0.15) is 37.1 Å². The van der Waals surface area contributed by atoms with E-state index in [1.807, 2.05) is 0 Å². The van der Waals surface area contributed by atoms with Gasteiger partial charge in [0.2, 0.25) is 11.7 Å². The summed E-state index contributed by atoms with van der Waals surface area (Å²) in [5, 5.41) is 3.43. The molecule has 4 rings (SSSR count). The highest BCUT2D eigenvalue weighted by Crippen LogP contribution is 2.44. The number of nitrogens with one attached hydrogen (secondary N) is 1. The molecule has 9 heteroatoms. The average Bonchev–Trinajstić information content (AvgIpc) is 3.35. The summed E-state index contributed by atoms with van der Waals surface area (Å²) in [6.07, 6.45) is 1.96. The molecule has 6 nitrogen and oxygen atoms in total. The third-order valence-electron chi connectivity index (χ3n) is 4.18. The molecule has 0 saturated heterocycles. The smallest absolute Gasteiger partial charge is 0.311 e. The fourth-order valence-corrected chi connectivity index (χ4v) is 2.92. The Balaban J connectivity index is 1.89. The number of amides is 1. The zero-order chi connectivity index (χ0) is 18.5. The number of pyridine rings is 1. The van der Waals surface area contributed by atoms with Crippen molar-refractivity contribution in [3.05, 3.63) is 42.1 Å². The molecule has 3 aromatic heterocycles. The molecule has 0 aromatic carbocycles. The summed E-state index contributed by atoms with van der Waals surface area (Å²) >= 11 is 0. The van der Waals surface area contributed by atoms with Crippen molar-refractivity contribution in [2.45, 2.75) is 31.9 Å². The number of aromatic nitrogens is 4. The van der Waals surface area contributed by atoms with E-state index in [1.165, 1.54) is 13.0 Å². The maximum atomic E-state index is 13.0. The number of carbonyl (C=O) groups excluding carboxylic acids is 1. The Bertz CT molecular complexity index is 1010. The Kier molecular flexibility index (Phi) is 3.67. The second kappa shape index (κ2) is 5.79. The molecule has 1 saturated carbocycles. The SMILES string of the molecule is CC(=O)Nc1cc2c(cn1)c(C1CC1)cn2-c1ccnc(C(F)(F)F)n1. The van der Waals surface area contributed by atoms with E-state index in [9.17, 15) is 18.0 Å². The Morgan fingerprint density at radius 3 is 2.73 bits per heavy atom. The van der Waals surface area contributed by atoms with E-state index in [0.29, 0.717) is 17.3 Å². The Morgan fingerprint density at radius 2 is 2.08 bits per heavy atom. The first kappa shape index (κ1) is 16.5. The lowest BCUT2D eigenvalue weighted by Gasteiger charge is -2.09. The summed E-state index contributed by atoms with van der Waals surface area (Å²) in [6, 6.07) is 3.06. The van der Waals surface area contributed by atoms with Crippen LogP contribution in [0.3, 0.4) is 0 Å². The summed E-state index contributed by atoms with van der Waals surface area (Å²) in [6.45, 7) is 1.36. The van der Waals surface area contributed by atoms with Gasteiger partial charge in [-0.25, -0.2) is 15.0 Å². The van der Waals surface area contributed by atoms with Gasteiger partial charge in [-0.15, -0.1) is 0 Å². The standard InChI is InChI=1S/C17H14F3N5O/c1-9(26)23-14-6-13-11(7-22-14)12(10-2-3-10)8-25(13)15-4-5-21-16(24-15)17(18,19)20/h4-8,10H,2-3H2,1H3,(H,22,23,26). The number of carbonyl (C=O) groups is 1. The van der Waals surface area contributed by atoms with Gasteiger partial charge in [0.1, 0.15) is 11.6 Å². The fourth-order valence-electron chi connectivity index (χ4n) is 2.92. The van der Waals surface area contributed by atoms with Crippen molar-refractivity contribution in [1.29, 1.82) is 0 Å². The van der Waals surface area contributed by atoms with E-state index >= 15 is 0 Å². The van der Waals surface area contributed by atoms with Gasteiger partial charge in [0.05, 0.1) is 5.52 Å². The molecule has 1 aliphatic rings. The van der Waals surface area contributed by atoms with Gasteiger partial charge in [-0.2, -0.15) is 13.2 Å². The van der Waals surface area contributed by atoms with Crippen LogP contribution in [0.4, 0.5) is 19.0 Å². The van der Waals surface area contributed by atoms with Crippen LogP contribution in [0.15, 0.2) is 30.7 Å². The van der Waals surface area contributed by atoms with Gasteiger partial charge in [0.15, 0.2) is 0 Å². The summed E-state index contributed by atoms with van der Waals surface area (Å²) in [5.74, 6) is -0.656. The van der Waals surface area contributed by atoms with Gasteiger partial charge >= 0.3 is 6.18 Å². The molecule has 3 heterocycles. The molecule has 1 aliphatic carbocycles. The van der Waals surface area contributed by atoms with Crippen LogP contribution in [0, 0.1) is 0 Å². The monoisotopic (exact) mass is 361 g/mol. The molecular formula is C17H14F3N5O. The lowest BCUT2D eigenvalue weighted by Crippen LogP contribution is -2.12. The van der Waals surface area contributed by atoms with E-state index in [4.69, 9.17) is 0 Å². The Labute approximate surface area is 146 Å². The van der Waals surface area contributed by atoms with Crippen LogP contribution < -0.4 is 5.32 Å². The number of fused-ring (bicyclic) bond motifs is 1. The van der Waals surface area contributed by atoms with Crippen molar-refractivity contribution in [1.82, 2.24) is 19.5 Å². The van der Waals surface area contributed by atoms with Gasteiger partial charge in [-0.3, -0.25) is 4.79 Å². The molecule has 3 aromatic rings. The summed E-state index contributed by atoms with van der Waals surface area (Å²) in [7, 11) is 0. The van der Waals surface area contributed by atoms with E-state index in [-0.39, 0.29) is 11.7 Å². The molecular weight excluding hydrogens is 347 g/mol. The number of hydrogen-bond acceptors (Lipinski definition) is 4. The molecule has 1 N–H and O–H groups in total. The fraction of sp³-hybridized carbons (Fsp3) is 0.294. The molecule has 1 fully saturated rings. The van der Waals surface area contributed by atoms with Crippen LogP contribution in [-0.2, 0) is 11.0 Å². The molecule has 0 bridgehead atoms. The normalized spacial score (nSPS) is 14.6. The molecule has 0 radical (unpaired) electrons. The number of rotatable bonds is 3. The zero-order valence-corrected chi connectivity index (χ0v) is 13.7. The van der Waals surface area contributed by atoms with Crippen LogP contribution in [0.25, 0.3) is 16.7 Å². The van der Waals surface area contributed by atoms with Crippen molar-refractivity contribution >= 4 is 22.6 Å². The Hall–Kier alpha value is -2.97. The quantitative estimate of drug-likeness (QED) is 0.773. The van der Waals surface area contributed by atoms with Crippen LogP contribution in [0.5, 0.6) is 0 Å². The van der Waals surface area contributed by atoms with E-state index < -0.39 is 12.0 Å². The average molecular weight is 361 g/mol. The highest BCUT2D eigenvalue weighted by molar-refractivity contribution is 5.92. The summed E-state index contributed by atoms with van der Waals surface area (Å²) in [5.41, 5.74) is 1.66. The minimum absolute atomic E-state index is 0.115. The predicted octanol–water partition coefficient (Wildman–Crippen LogP) is 3.67. The van der Waals surface area contributed by atoms with Crippen LogP contribution in [-0.4, -0.2) is 25.4 Å². The van der Waals surface area contributed by atoms with Crippen molar-refractivity contribution in [3.8, 4) is 5.82 Å². The van der Waals surface area contributed by atoms with E-state index in [1.54, 1.807) is 23.0 Å².